The number of methoxy groups -OCH3 is 2. The second kappa shape index (κ2) is 7.99. The van der Waals surface area contributed by atoms with E-state index in [1.165, 1.54) is 17.7 Å². The molecule has 0 spiro atoms. The van der Waals surface area contributed by atoms with Crippen LogP contribution in [0.2, 0.25) is 0 Å². The predicted molar refractivity (Wildman–Crippen MR) is 114 cm³/mol. The highest BCUT2D eigenvalue weighted by molar-refractivity contribution is 5.99. The van der Waals surface area contributed by atoms with E-state index in [0.717, 1.165) is 29.3 Å². The number of nitrogens with zero attached hydrogens (tertiary/aromatic N) is 1. The summed E-state index contributed by atoms with van der Waals surface area (Å²) in [5, 5.41) is 5.24. The number of carbonyl (C=O) groups excluding carboxylic acids is 1. The van der Waals surface area contributed by atoms with E-state index in [1.54, 1.807) is 20.4 Å². The molecule has 0 bridgehead atoms. The first-order valence-electron chi connectivity index (χ1n) is 9.78. The van der Waals surface area contributed by atoms with E-state index in [2.05, 4.69) is 22.4 Å². The lowest BCUT2D eigenvalue weighted by Gasteiger charge is -2.18. The fraction of sp³-hybridized carbons (Fsp3) is 0.304. The van der Waals surface area contributed by atoms with Crippen molar-refractivity contribution >= 4 is 23.0 Å². The highest BCUT2D eigenvalue weighted by Gasteiger charge is 2.20. The lowest BCUT2D eigenvalue weighted by Crippen LogP contribution is -2.17. The Labute approximate surface area is 169 Å². The Hall–Kier alpha value is -3.28. The molecule has 150 valence electrons. The first kappa shape index (κ1) is 19.1. The van der Waals surface area contributed by atoms with Crippen molar-refractivity contribution in [3.63, 3.8) is 0 Å². The van der Waals surface area contributed by atoms with E-state index >= 15 is 0 Å². The standard InChI is InChI=1S/C23H25N3O3/c1-14-7-9-19-17(11-14)18-12-15(8-10-20(18)25-19)23(27)26-24-13-16-5-4-6-21(28-2)22(16)29-3/h4-6,8,10,12-14,25H,7,9,11H2,1-3H3,(H,26,27)/b24-13-. The summed E-state index contributed by atoms with van der Waals surface area (Å²) >= 11 is 0. The number of nitrogens with one attached hydrogen (secondary N) is 2. The van der Waals surface area contributed by atoms with Crippen molar-refractivity contribution in [2.75, 3.05) is 14.2 Å². The molecular formula is C23H25N3O3. The van der Waals surface area contributed by atoms with Gasteiger partial charge in [-0.3, -0.25) is 4.79 Å². The van der Waals surface area contributed by atoms with Crippen LogP contribution in [0.3, 0.4) is 0 Å². The molecule has 2 N–H and O–H groups in total. The summed E-state index contributed by atoms with van der Waals surface area (Å²) in [6, 6.07) is 11.2. The molecule has 1 aliphatic carbocycles. The number of hydrogen-bond acceptors (Lipinski definition) is 4. The monoisotopic (exact) mass is 391 g/mol. The third-order valence-corrected chi connectivity index (χ3v) is 5.50. The largest absolute Gasteiger partial charge is 0.493 e. The van der Waals surface area contributed by atoms with Crippen molar-refractivity contribution in [1.29, 1.82) is 0 Å². The zero-order chi connectivity index (χ0) is 20.4. The second-order valence-electron chi connectivity index (χ2n) is 7.47. The van der Waals surface area contributed by atoms with E-state index < -0.39 is 0 Å². The van der Waals surface area contributed by atoms with Gasteiger partial charge in [0.15, 0.2) is 11.5 Å². The zero-order valence-electron chi connectivity index (χ0n) is 16.9. The van der Waals surface area contributed by atoms with Gasteiger partial charge < -0.3 is 14.5 Å². The Kier molecular flexibility index (Phi) is 5.25. The molecule has 6 heteroatoms. The number of H-pyrrole nitrogens is 1. The van der Waals surface area contributed by atoms with Crippen LogP contribution in [0, 0.1) is 5.92 Å². The van der Waals surface area contributed by atoms with Gasteiger partial charge in [0.25, 0.3) is 5.91 Å². The van der Waals surface area contributed by atoms with Crippen LogP contribution in [-0.2, 0) is 12.8 Å². The van der Waals surface area contributed by atoms with Crippen LogP contribution in [0.1, 0.15) is 40.5 Å². The molecule has 0 aliphatic heterocycles. The number of amides is 1. The number of aryl methyl sites for hydroxylation is 1. The molecule has 2 aromatic carbocycles. The molecule has 6 nitrogen and oxygen atoms in total. The van der Waals surface area contributed by atoms with Crippen molar-refractivity contribution < 1.29 is 14.3 Å². The molecule has 1 aliphatic rings. The lowest BCUT2D eigenvalue weighted by atomic mass is 9.87. The number of carbonyl (C=O) groups is 1. The molecule has 0 saturated heterocycles. The zero-order valence-corrected chi connectivity index (χ0v) is 16.9. The number of hydrazone groups is 1. The summed E-state index contributed by atoms with van der Waals surface area (Å²) in [4.78, 5) is 16.1. The number of ether oxygens (including phenoxy) is 2. The third kappa shape index (κ3) is 3.70. The first-order chi connectivity index (χ1) is 14.1. The number of fused-ring (bicyclic) bond motifs is 3. The van der Waals surface area contributed by atoms with Crippen molar-refractivity contribution in [1.82, 2.24) is 10.4 Å². The van der Waals surface area contributed by atoms with Gasteiger partial charge in [0.05, 0.1) is 20.4 Å². The number of aromatic nitrogens is 1. The quantitative estimate of drug-likeness (QED) is 0.508. The fourth-order valence-corrected chi connectivity index (χ4v) is 3.97. The molecule has 0 saturated carbocycles. The van der Waals surface area contributed by atoms with Crippen LogP contribution in [0.5, 0.6) is 11.5 Å². The number of benzene rings is 2. The number of para-hydroxylation sites is 1. The van der Waals surface area contributed by atoms with Gasteiger partial charge in [-0.1, -0.05) is 13.0 Å². The average molecular weight is 391 g/mol. The minimum atomic E-state index is -0.246. The van der Waals surface area contributed by atoms with Crippen molar-refractivity contribution in [2.24, 2.45) is 11.0 Å². The minimum absolute atomic E-state index is 0.246. The minimum Gasteiger partial charge on any atom is -0.493 e. The lowest BCUT2D eigenvalue weighted by molar-refractivity contribution is 0.0955. The molecule has 0 radical (unpaired) electrons. The van der Waals surface area contributed by atoms with Gasteiger partial charge in [-0.15, -0.1) is 0 Å². The second-order valence-corrected chi connectivity index (χ2v) is 7.47. The number of hydrogen-bond donors (Lipinski definition) is 2. The number of rotatable bonds is 5. The molecule has 0 fully saturated rings. The third-order valence-electron chi connectivity index (χ3n) is 5.50. The van der Waals surface area contributed by atoms with Gasteiger partial charge in [0.2, 0.25) is 0 Å². The fourth-order valence-electron chi connectivity index (χ4n) is 3.97. The maximum atomic E-state index is 12.6. The Bertz CT molecular complexity index is 1080. The normalized spacial score (nSPS) is 16.0. The van der Waals surface area contributed by atoms with Gasteiger partial charge in [-0.2, -0.15) is 5.10 Å². The first-order valence-corrected chi connectivity index (χ1v) is 9.78. The van der Waals surface area contributed by atoms with Gasteiger partial charge in [-0.25, -0.2) is 5.43 Å². The highest BCUT2D eigenvalue weighted by atomic mass is 16.5. The molecule has 1 unspecified atom stereocenters. The summed E-state index contributed by atoms with van der Waals surface area (Å²) in [6.45, 7) is 2.28. The van der Waals surface area contributed by atoms with Crippen molar-refractivity contribution in [3.8, 4) is 11.5 Å². The van der Waals surface area contributed by atoms with Crippen LogP contribution < -0.4 is 14.9 Å². The van der Waals surface area contributed by atoms with E-state index in [9.17, 15) is 4.79 Å². The van der Waals surface area contributed by atoms with E-state index in [4.69, 9.17) is 9.47 Å². The van der Waals surface area contributed by atoms with E-state index in [0.29, 0.717) is 23.0 Å². The number of aromatic amines is 1. The van der Waals surface area contributed by atoms with Crippen LogP contribution >= 0.6 is 0 Å². The Morgan fingerprint density at radius 2 is 2.10 bits per heavy atom. The van der Waals surface area contributed by atoms with Crippen LogP contribution in [0.4, 0.5) is 0 Å². The van der Waals surface area contributed by atoms with Gasteiger partial charge in [0, 0.05) is 27.7 Å². The maximum Gasteiger partial charge on any atom is 0.271 e. The van der Waals surface area contributed by atoms with Gasteiger partial charge in [0.1, 0.15) is 0 Å². The van der Waals surface area contributed by atoms with Crippen LogP contribution in [0.25, 0.3) is 10.9 Å². The van der Waals surface area contributed by atoms with E-state index in [-0.39, 0.29) is 5.91 Å². The molecule has 1 aromatic heterocycles. The summed E-state index contributed by atoms with van der Waals surface area (Å²) in [5.74, 6) is 1.60. The summed E-state index contributed by atoms with van der Waals surface area (Å²) < 4.78 is 10.7. The Balaban J connectivity index is 1.54. The molecule has 29 heavy (non-hydrogen) atoms. The summed E-state index contributed by atoms with van der Waals surface area (Å²) in [6.07, 6.45) is 4.88. The van der Waals surface area contributed by atoms with Crippen LogP contribution in [-0.4, -0.2) is 31.3 Å². The molecule has 1 heterocycles. The summed E-state index contributed by atoms with van der Waals surface area (Å²) in [7, 11) is 3.15. The topological polar surface area (TPSA) is 75.7 Å². The molecule has 4 rings (SSSR count). The van der Waals surface area contributed by atoms with Gasteiger partial charge in [-0.05, 0) is 61.1 Å². The van der Waals surface area contributed by atoms with Crippen molar-refractivity contribution in [3.05, 3.63) is 58.8 Å². The average Bonchev–Trinajstić information content (AvgIpc) is 3.10. The smallest absolute Gasteiger partial charge is 0.271 e. The molecule has 1 atom stereocenters. The van der Waals surface area contributed by atoms with E-state index in [1.807, 2.05) is 36.4 Å². The molecule has 1 amide bonds. The molecule has 3 aromatic rings. The Morgan fingerprint density at radius 1 is 1.24 bits per heavy atom. The van der Waals surface area contributed by atoms with Gasteiger partial charge >= 0.3 is 0 Å². The highest BCUT2D eigenvalue weighted by Crippen LogP contribution is 2.32. The Morgan fingerprint density at radius 3 is 2.90 bits per heavy atom. The van der Waals surface area contributed by atoms with Crippen LogP contribution in [0.15, 0.2) is 41.5 Å². The predicted octanol–water partition coefficient (Wildman–Crippen LogP) is 4.07. The van der Waals surface area contributed by atoms with Crippen molar-refractivity contribution in [2.45, 2.75) is 26.2 Å². The molecular weight excluding hydrogens is 366 g/mol. The summed E-state index contributed by atoms with van der Waals surface area (Å²) in [5.41, 5.74) is 7.65. The SMILES string of the molecule is COc1cccc(/C=N\NC(=O)c2ccc3[nH]c4c(c3c2)CC(C)CC4)c1OC. The maximum absolute atomic E-state index is 12.6.